The quantitative estimate of drug-likeness (QED) is 0.508. The summed E-state index contributed by atoms with van der Waals surface area (Å²) in [6.45, 7) is 10.5. The van der Waals surface area contributed by atoms with E-state index in [-0.39, 0.29) is 0 Å². The van der Waals surface area contributed by atoms with E-state index < -0.39 is 0 Å². The number of nitrogens with one attached hydrogen (secondary N) is 2. The third-order valence-electron chi connectivity index (χ3n) is 2.06. The molecule has 0 aromatic carbocycles. The first-order valence-electron chi connectivity index (χ1n) is 5.62. The summed E-state index contributed by atoms with van der Waals surface area (Å²) in [6, 6.07) is 0. The van der Waals surface area contributed by atoms with Crippen molar-refractivity contribution >= 4 is 0 Å². The highest BCUT2D eigenvalue weighted by Crippen LogP contribution is 1.97. The van der Waals surface area contributed by atoms with Gasteiger partial charge in [-0.25, -0.2) is 0 Å². The number of rotatable bonds is 10. The minimum Gasteiger partial charge on any atom is -0.317 e. The van der Waals surface area contributed by atoms with Crippen molar-refractivity contribution in [2.45, 2.75) is 39.0 Å². The minimum atomic E-state index is 1.00. The van der Waals surface area contributed by atoms with Crippen molar-refractivity contribution < 1.29 is 0 Å². The molecule has 79 valence electrons. The maximum Gasteiger partial charge on any atom is -0.00489 e. The van der Waals surface area contributed by atoms with Crippen molar-refractivity contribution in [1.82, 2.24) is 10.6 Å². The average molecular weight is 185 g/mol. The maximum atomic E-state index is 3.78. The Balaban J connectivity index is 2.76. The van der Waals surface area contributed by atoms with Crippen molar-refractivity contribution in [2.75, 3.05) is 26.2 Å². The van der Waals surface area contributed by atoms with E-state index in [0.717, 1.165) is 26.1 Å². The van der Waals surface area contributed by atoms with Crippen LogP contribution >= 0.6 is 0 Å². The molecule has 0 saturated heterocycles. The molecule has 0 aromatic heterocycles. The molecule has 0 heterocycles. The lowest BCUT2D eigenvalue weighted by Gasteiger charge is -2.03. The summed E-state index contributed by atoms with van der Waals surface area (Å²) >= 11 is 0. The molecular weight excluding hydrogens is 160 g/mol. The summed E-state index contributed by atoms with van der Waals surface area (Å²) in [4.78, 5) is 0. The van der Waals surface area contributed by atoms with Crippen LogP contribution in [0.25, 0.3) is 0 Å². The fraction of sp³-hybridized carbons (Fsp3) is 0.909. The van der Waals surface area contributed by atoms with Crippen LogP contribution in [0.5, 0.6) is 0 Å². The predicted molar refractivity (Wildman–Crippen MR) is 59.9 cm³/mol. The van der Waals surface area contributed by atoms with Gasteiger partial charge in [-0.1, -0.05) is 26.7 Å². The Bertz CT molecular complexity index is 74.2. The molecule has 0 atom stereocenters. The second kappa shape index (κ2) is 11.9. The summed E-state index contributed by atoms with van der Waals surface area (Å²) in [5, 5.41) is 6.69. The van der Waals surface area contributed by atoms with Gasteiger partial charge in [0.1, 0.15) is 0 Å². The van der Waals surface area contributed by atoms with Crippen LogP contribution in [-0.2, 0) is 0 Å². The zero-order valence-corrected chi connectivity index (χ0v) is 9.07. The van der Waals surface area contributed by atoms with E-state index in [9.17, 15) is 0 Å². The Labute approximate surface area is 83.5 Å². The molecule has 0 aliphatic heterocycles. The Morgan fingerprint density at radius 2 is 1.46 bits per heavy atom. The average Bonchev–Trinajstić information content (AvgIpc) is 2.16. The zero-order valence-electron chi connectivity index (χ0n) is 9.07. The van der Waals surface area contributed by atoms with Gasteiger partial charge in [0.05, 0.1) is 0 Å². The predicted octanol–water partition coefficient (Wildman–Crippen LogP) is 1.97. The fourth-order valence-electron chi connectivity index (χ4n) is 1.28. The van der Waals surface area contributed by atoms with E-state index in [0.29, 0.717) is 0 Å². The molecule has 0 amide bonds. The normalized spacial score (nSPS) is 10.6. The van der Waals surface area contributed by atoms with E-state index in [1.54, 1.807) is 0 Å². The highest BCUT2D eigenvalue weighted by molar-refractivity contribution is 4.51. The van der Waals surface area contributed by atoms with E-state index >= 15 is 0 Å². The Kier molecular flexibility index (Phi) is 11.8. The largest absolute Gasteiger partial charge is 0.317 e. The van der Waals surface area contributed by atoms with Crippen molar-refractivity contribution in [3.8, 4) is 0 Å². The third-order valence-corrected chi connectivity index (χ3v) is 2.06. The van der Waals surface area contributed by atoms with Crippen LogP contribution < -0.4 is 10.6 Å². The van der Waals surface area contributed by atoms with Gasteiger partial charge in [-0.15, -0.1) is 0 Å². The fourth-order valence-corrected chi connectivity index (χ4v) is 1.28. The lowest BCUT2D eigenvalue weighted by Crippen LogP contribution is -2.16. The number of hydrogen-bond donors (Lipinski definition) is 2. The SMILES string of the molecule is [CH2]CCNCCCCCCNCC. The Morgan fingerprint density at radius 3 is 2.00 bits per heavy atom. The van der Waals surface area contributed by atoms with E-state index in [1.165, 1.54) is 32.2 Å². The highest BCUT2D eigenvalue weighted by Gasteiger charge is 1.89. The first-order chi connectivity index (χ1) is 6.41. The topological polar surface area (TPSA) is 24.1 Å². The van der Waals surface area contributed by atoms with Crippen LogP contribution in [0.2, 0.25) is 0 Å². The summed E-state index contributed by atoms with van der Waals surface area (Å²) in [7, 11) is 0. The van der Waals surface area contributed by atoms with Gasteiger partial charge in [0.15, 0.2) is 0 Å². The number of hydrogen-bond acceptors (Lipinski definition) is 2. The van der Waals surface area contributed by atoms with Crippen molar-refractivity contribution in [3.63, 3.8) is 0 Å². The molecule has 0 aliphatic rings. The van der Waals surface area contributed by atoms with Gasteiger partial charge in [0.25, 0.3) is 0 Å². The Morgan fingerprint density at radius 1 is 0.846 bits per heavy atom. The molecule has 0 fully saturated rings. The van der Waals surface area contributed by atoms with Crippen molar-refractivity contribution in [2.24, 2.45) is 0 Å². The molecule has 0 aliphatic carbocycles. The molecule has 1 radical (unpaired) electrons. The molecule has 0 saturated carbocycles. The van der Waals surface area contributed by atoms with E-state index in [4.69, 9.17) is 0 Å². The van der Waals surface area contributed by atoms with Gasteiger partial charge in [-0.2, -0.15) is 0 Å². The molecule has 0 aromatic rings. The highest BCUT2D eigenvalue weighted by atomic mass is 14.8. The van der Waals surface area contributed by atoms with E-state index in [2.05, 4.69) is 24.5 Å². The summed E-state index contributed by atoms with van der Waals surface area (Å²) in [5.74, 6) is 0. The minimum absolute atomic E-state index is 1.00. The second-order valence-corrected chi connectivity index (χ2v) is 3.37. The molecule has 0 spiro atoms. The van der Waals surface area contributed by atoms with Gasteiger partial charge in [0.2, 0.25) is 0 Å². The lowest BCUT2D eigenvalue weighted by atomic mass is 10.2. The van der Waals surface area contributed by atoms with Crippen LogP contribution in [0.15, 0.2) is 0 Å². The standard InChI is InChI=1S/C11H25N2/c1-3-9-13-11-8-6-5-7-10-12-4-2/h12-13H,1,3-11H2,2H3. The summed E-state index contributed by atoms with van der Waals surface area (Å²) < 4.78 is 0. The third kappa shape index (κ3) is 11.9. The molecule has 0 rings (SSSR count). The maximum absolute atomic E-state index is 3.78. The van der Waals surface area contributed by atoms with Crippen LogP contribution in [0.3, 0.4) is 0 Å². The van der Waals surface area contributed by atoms with Crippen molar-refractivity contribution in [1.29, 1.82) is 0 Å². The monoisotopic (exact) mass is 185 g/mol. The first kappa shape index (κ1) is 12.9. The molecule has 2 nitrogen and oxygen atoms in total. The molecule has 0 unspecified atom stereocenters. The van der Waals surface area contributed by atoms with Gasteiger partial charge in [-0.3, -0.25) is 0 Å². The molecule has 0 bridgehead atoms. The molecule has 13 heavy (non-hydrogen) atoms. The first-order valence-corrected chi connectivity index (χ1v) is 5.62. The summed E-state index contributed by atoms with van der Waals surface area (Å²) in [6.07, 6.45) is 6.35. The zero-order chi connectivity index (χ0) is 9.78. The van der Waals surface area contributed by atoms with Gasteiger partial charge >= 0.3 is 0 Å². The molecule has 2 heteroatoms. The van der Waals surface area contributed by atoms with Crippen molar-refractivity contribution in [3.05, 3.63) is 6.92 Å². The lowest BCUT2D eigenvalue weighted by molar-refractivity contribution is 0.571. The second-order valence-electron chi connectivity index (χ2n) is 3.37. The van der Waals surface area contributed by atoms with Gasteiger partial charge < -0.3 is 10.6 Å². The van der Waals surface area contributed by atoms with Gasteiger partial charge in [-0.05, 0) is 45.4 Å². The van der Waals surface area contributed by atoms with Gasteiger partial charge in [0, 0.05) is 0 Å². The van der Waals surface area contributed by atoms with Crippen LogP contribution in [-0.4, -0.2) is 26.2 Å². The molecule has 2 N–H and O–H groups in total. The van der Waals surface area contributed by atoms with Crippen LogP contribution in [0.4, 0.5) is 0 Å². The van der Waals surface area contributed by atoms with E-state index in [1.807, 2.05) is 0 Å². The Hall–Kier alpha value is -0.0800. The van der Waals surface area contributed by atoms with Crippen LogP contribution in [0.1, 0.15) is 39.0 Å². The molecular formula is C11H25N2. The summed E-state index contributed by atoms with van der Waals surface area (Å²) in [5.41, 5.74) is 0. The van der Waals surface area contributed by atoms with Crippen LogP contribution in [0, 0.1) is 6.92 Å². The smallest absolute Gasteiger partial charge is 0.00489 e. The number of unbranched alkanes of at least 4 members (excludes halogenated alkanes) is 3.